The van der Waals surface area contributed by atoms with Crippen molar-refractivity contribution in [3.63, 3.8) is 0 Å². The fourth-order valence-electron chi connectivity index (χ4n) is 2.43. The zero-order valence-corrected chi connectivity index (χ0v) is 14.8. The maximum atomic E-state index is 13.7. The number of anilines is 1. The molecule has 0 aliphatic rings. The van der Waals surface area contributed by atoms with Crippen molar-refractivity contribution in [2.75, 3.05) is 5.32 Å². The Morgan fingerprint density at radius 2 is 1.93 bits per heavy atom. The second-order valence-corrected chi connectivity index (χ2v) is 5.96. The van der Waals surface area contributed by atoms with Crippen molar-refractivity contribution in [3.8, 4) is 5.75 Å². The summed E-state index contributed by atoms with van der Waals surface area (Å²) in [4.78, 5) is 12.4. The largest absolute Gasteiger partial charge is 0.489 e. The minimum absolute atomic E-state index is 0.0806. The molecule has 1 N–H and O–H groups in total. The fraction of sp³-hybridized carbons (Fsp3) is 0.158. The van der Waals surface area contributed by atoms with Gasteiger partial charge in [0.2, 0.25) is 0 Å². The minimum atomic E-state index is -4.54. The molecule has 152 valence electrons. The van der Waals surface area contributed by atoms with Crippen molar-refractivity contribution < 1.29 is 36.0 Å². The highest BCUT2D eigenvalue weighted by Gasteiger charge is 2.30. The lowest BCUT2D eigenvalue weighted by Gasteiger charge is -2.10. The second-order valence-electron chi connectivity index (χ2n) is 5.96. The topological polar surface area (TPSA) is 64.4 Å². The Hall–Kier alpha value is -3.43. The number of hydrogen-bond donors (Lipinski definition) is 1. The smallest absolute Gasteiger partial charge is 0.416 e. The van der Waals surface area contributed by atoms with Gasteiger partial charge in [-0.25, -0.2) is 8.78 Å². The standard InChI is InChI=1S/C19H13F5N2O3/c1-10-14(9-28-13-4-2-3-11(7-13)19(22,23)24)17(26-29-10)18(27)25-16-8-12(20)5-6-15(16)21/h2-8H,9H2,1H3,(H,25,27). The lowest BCUT2D eigenvalue weighted by atomic mass is 10.2. The average Bonchev–Trinajstić information content (AvgIpc) is 3.03. The molecule has 0 atom stereocenters. The zero-order chi connectivity index (χ0) is 21.2. The Labute approximate surface area is 161 Å². The Morgan fingerprint density at radius 1 is 1.17 bits per heavy atom. The van der Waals surface area contributed by atoms with Crippen LogP contribution in [-0.4, -0.2) is 11.1 Å². The van der Waals surface area contributed by atoms with E-state index in [4.69, 9.17) is 9.26 Å². The monoisotopic (exact) mass is 412 g/mol. The number of hydrogen-bond acceptors (Lipinski definition) is 4. The van der Waals surface area contributed by atoms with Crippen LogP contribution in [0.3, 0.4) is 0 Å². The lowest BCUT2D eigenvalue weighted by molar-refractivity contribution is -0.137. The minimum Gasteiger partial charge on any atom is -0.489 e. The van der Waals surface area contributed by atoms with Crippen LogP contribution in [0, 0.1) is 18.6 Å². The molecule has 0 fully saturated rings. The number of amides is 1. The van der Waals surface area contributed by atoms with Crippen molar-refractivity contribution >= 4 is 11.6 Å². The molecule has 0 saturated carbocycles. The Bertz CT molecular complexity index is 1050. The number of ether oxygens (including phenoxy) is 1. The second kappa shape index (κ2) is 7.90. The molecule has 2 aromatic carbocycles. The third-order valence-corrected chi connectivity index (χ3v) is 3.92. The molecule has 0 unspecified atom stereocenters. The summed E-state index contributed by atoms with van der Waals surface area (Å²) in [6.45, 7) is 1.14. The van der Waals surface area contributed by atoms with Crippen molar-refractivity contribution in [2.24, 2.45) is 0 Å². The van der Waals surface area contributed by atoms with Crippen LogP contribution in [0.5, 0.6) is 5.75 Å². The van der Waals surface area contributed by atoms with Crippen LogP contribution < -0.4 is 10.1 Å². The van der Waals surface area contributed by atoms with Gasteiger partial charge in [-0.2, -0.15) is 13.2 Å². The predicted octanol–water partition coefficient (Wildman–Crippen LogP) is 5.11. The fourth-order valence-corrected chi connectivity index (χ4v) is 2.43. The number of carbonyl (C=O) groups is 1. The van der Waals surface area contributed by atoms with E-state index in [2.05, 4.69) is 10.5 Å². The van der Waals surface area contributed by atoms with E-state index >= 15 is 0 Å². The predicted molar refractivity (Wildman–Crippen MR) is 91.3 cm³/mol. The summed E-state index contributed by atoms with van der Waals surface area (Å²) < 4.78 is 75.6. The average molecular weight is 412 g/mol. The summed E-state index contributed by atoms with van der Waals surface area (Å²) in [5, 5.41) is 5.74. The molecule has 1 aromatic heterocycles. The molecule has 1 heterocycles. The van der Waals surface area contributed by atoms with Gasteiger partial charge in [0.05, 0.1) is 16.8 Å². The number of nitrogens with zero attached hydrogens (tertiary/aromatic N) is 1. The SMILES string of the molecule is Cc1onc(C(=O)Nc2cc(F)ccc2F)c1COc1cccc(C(F)(F)F)c1. The molecular weight excluding hydrogens is 399 g/mol. The van der Waals surface area contributed by atoms with Gasteiger partial charge >= 0.3 is 6.18 Å². The maximum absolute atomic E-state index is 13.7. The highest BCUT2D eigenvalue weighted by molar-refractivity contribution is 6.03. The number of alkyl halides is 3. The molecule has 0 saturated heterocycles. The van der Waals surface area contributed by atoms with Crippen LogP contribution in [0.15, 0.2) is 47.0 Å². The van der Waals surface area contributed by atoms with Gasteiger partial charge in [-0.15, -0.1) is 0 Å². The van der Waals surface area contributed by atoms with E-state index in [0.717, 1.165) is 30.3 Å². The number of halogens is 5. The molecule has 1 amide bonds. The quantitative estimate of drug-likeness (QED) is 0.592. The first kappa shape index (κ1) is 20.3. The van der Waals surface area contributed by atoms with Gasteiger partial charge < -0.3 is 14.6 Å². The summed E-state index contributed by atoms with van der Waals surface area (Å²) in [6.07, 6.45) is -4.54. The maximum Gasteiger partial charge on any atom is 0.416 e. The van der Waals surface area contributed by atoms with Crippen molar-refractivity contribution in [2.45, 2.75) is 19.7 Å². The van der Waals surface area contributed by atoms with Gasteiger partial charge in [-0.3, -0.25) is 4.79 Å². The molecule has 0 radical (unpaired) electrons. The summed E-state index contributed by atoms with van der Waals surface area (Å²) in [6, 6.07) is 6.72. The Morgan fingerprint density at radius 3 is 2.66 bits per heavy atom. The molecule has 0 aliphatic carbocycles. The van der Waals surface area contributed by atoms with Crippen LogP contribution in [0.1, 0.15) is 27.4 Å². The lowest BCUT2D eigenvalue weighted by Crippen LogP contribution is -2.16. The number of rotatable bonds is 5. The molecule has 29 heavy (non-hydrogen) atoms. The molecule has 5 nitrogen and oxygen atoms in total. The Balaban J connectivity index is 1.78. The van der Waals surface area contributed by atoms with Gasteiger partial charge in [0.15, 0.2) is 5.69 Å². The van der Waals surface area contributed by atoms with Crippen LogP contribution >= 0.6 is 0 Å². The zero-order valence-electron chi connectivity index (χ0n) is 14.8. The van der Waals surface area contributed by atoms with Crippen LogP contribution in [0.25, 0.3) is 0 Å². The van der Waals surface area contributed by atoms with Crippen LogP contribution in [0.2, 0.25) is 0 Å². The van der Waals surface area contributed by atoms with Gasteiger partial charge in [-0.1, -0.05) is 11.2 Å². The van der Waals surface area contributed by atoms with Crippen molar-refractivity contribution in [3.05, 3.63) is 76.7 Å². The molecule has 0 spiro atoms. The number of benzene rings is 2. The van der Waals surface area contributed by atoms with Gasteiger partial charge in [0, 0.05) is 6.07 Å². The van der Waals surface area contributed by atoms with E-state index in [9.17, 15) is 26.7 Å². The van der Waals surface area contributed by atoms with Gasteiger partial charge in [0.25, 0.3) is 5.91 Å². The van der Waals surface area contributed by atoms with Gasteiger partial charge in [-0.05, 0) is 37.3 Å². The normalized spacial score (nSPS) is 11.4. The van der Waals surface area contributed by atoms with E-state index < -0.39 is 35.0 Å². The van der Waals surface area contributed by atoms with Gasteiger partial charge in [0.1, 0.15) is 29.8 Å². The van der Waals surface area contributed by atoms with Crippen LogP contribution in [-0.2, 0) is 12.8 Å². The summed E-state index contributed by atoms with van der Waals surface area (Å²) in [7, 11) is 0. The third kappa shape index (κ3) is 4.71. The molecule has 3 rings (SSSR count). The molecule has 0 bridgehead atoms. The van der Waals surface area contributed by atoms with E-state index in [-0.39, 0.29) is 29.4 Å². The summed E-state index contributed by atoms with van der Waals surface area (Å²) >= 11 is 0. The number of carbonyl (C=O) groups excluding carboxylic acids is 1. The van der Waals surface area contributed by atoms with E-state index in [1.165, 1.54) is 19.1 Å². The molecule has 3 aromatic rings. The first-order chi connectivity index (χ1) is 13.6. The van der Waals surface area contributed by atoms with Crippen molar-refractivity contribution in [1.29, 1.82) is 0 Å². The third-order valence-electron chi connectivity index (χ3n) is 3.92. The number of nitrogens with one attached hydrogen (secondary N) is 1. The van der Waals surface area contributed by atoms with E-state index in [1.54, 1.807) is 0 Å². The molecule has 10 heteroatoms. The van der Waals surface area contributed by atoms with Crippen molar-refractivity contribution in [1.82, 2.24) is 5.16 Å². The first-order valence-corrected chi connectivity index (χ1v) is 8.17. The first-order valence-electron chi connectivity index (χ1n) is 8.17. The van der Waals surface area contributed by atoms with E-state index in [0.29, 0.717) is 0 Å². The highest BCUT2D eigenvalue weighted by Crippen LogP contribution is 2.31. The highest BCUT2D eigenvalue weighted by atomic mass is 19.4. The summed E-state index contributed by atoms with van der Waals surface area (Å²) in [5.41, 5.74) is -1.41. The summed E-state index contributed by atoms with van der Waals surface area (Å²) in [5.74, 6) is -2.41. The molecular formula is C19H13F5N2O3. The Kier molecular flexibility index (Phi) is 5.53. The van der Waals surface area contributed by atoms with E-state index in [1.807, 2.05) is 0 Å². The molecule has 0 aliphatic heterocycles. The van der Waals surface area contributed by atoms with Crippen LogP contribution in [0.4, 0.5) is 27.6 Å². The number of aryl methyl sites for hydroxylation is 1. The number of aromatic nitrogens is 1.